The van der Waals surface area contributed by atoms with Gasteiger partial charge in [0, 0.05) is 26.4 Å². The third kappa shape index (κ3) is 32.5. The minimum Gasteiger partial charge on any atom is -0.374 e. The maximum absolute atomic E-state index is 14.9. The predicted molar refractivity (Wildman–Crippen MR) is 396 cm³/mol. The average Bonchev–Trinajstić information content (AvgIpc) is 0.791. The van der Waals surface area contributed by atoms with Crippen LogP contribution in [0.15, 0.2) is 182 Å². The van der Waals surface area contributed by atoms with Crippen LogP contribution in [0.2, 0.25) is 0 Å². The van der Waals surface area contributed by atoms with Gasteiger partial charge in [0.15, 0.2) is 6.29 Å². The van der Waals surface area contributed by atoms with Crippen LogP contribution in [0.25, 0.3) is 0 Å². The van der Waals surface area contributed by atoms with Gasteiger partial charge in [-0.25, -0.2) is 0 Å². The van der Waals surface area contributed by atoms with E-state index < -0.39 is 49.0 Å². The topological polar surface area (TPSA) is 123 Å². The fourth-order valence-corrected chi connectivity index (χ4v) is 13.0. The fourth-order valence-electron chi connectivity index (χ4n) is 13.0. The summed E-state index contributed by atoms with van der Waals surface area (Å²) in [6, 6.07) is 60.6. The van der Waals surface area contributed by atoms with Gasteiger partial charge in [-0.2, -0.15) is 0 Å². The van der Waals surface area contributed by atoms with Gasteiger partial charge in [-0.3, -0.25) is 9.59 Å². The summed E-state index contributed by atoms with van der Waals surface area (Å²) in [4.78, 5) is 29.4. The van der Waals surface area contributed by atoms with Crippen LogP contribution in [0.1, 0.15) is 227 Å². The number of nitrogens with one attached hydrogen (secondary N) is 1. The van der Waals surface area contributed by atoms with Gasteiger partial charge in [0.2, 0.25) is 11.8 Å². The molecule has 0 unspecified atom stereocenters. The quantitative estimate of drug-likeness (QED) is 0.0369. The zero-order valence-electron chi connectivity index (χ0n) is 60.1. The van der Waals surface area contributed by atoms with E-state index in [1.165, 1.54) is 89.9 Å². The summed E-state index contributed by atoms with van der Waals surface area (Å²) >= 11 is 0. The maximum atomic E-state index is 14.9. The molecule has 536 valence electrons. The molecule has 1 saturated heterocycles. The molecule has 0 bridgehead atoms. The van der Waals surface area contributed by atoms with Crippen LogP contribution in [0, 0.1) is 0 Å². The van der Waals surface area contributed by atoms with E-state index in [0.29, 0.717) is 39.3 Å². The summed E-state index contributed by atoms with van der Waals surface area (Å²) in [7, 11) is 1.96. The van der Waals surface area contributed by atoms with Crippen molar-refractivity contribution in [3.05, 3.63) is 215 Å². The molecule has 0 saturated carbocycles. The van der Waals surface area contributed by atoms with Gasteiger partial charge in [-0.15, -0.1) is 0 Å². The maximum Gasteiger partial charge on any atom is 0.222 e. The standard InChI is InChI=1S/C86H122N2O10/c1-4-6-8-10-11-12-13-14-16-19-22-43-59-78(92-64-72-49-33-26-34-50-72)82(93-65-73-51-35-27-36-52-73)77(87-80(89)60-44-23-20-17-15-18-21-24-46-62-88(3)81(90)61-45-9-7-5-2)69-97-86-85(96-68-76-57-41-30-42-58-76)84(95-67-75-55-39-29-40-56-75)83(94-66-74-53-37-28-38-54-74)79(98-86)70-91-63-71-47-31-25-32-48-71/h25-42,47-58,77-79,82-86H,4-24,43-46,59-70H2,1-3H3,(H,87,89)/t77-,78+,79+,82-,83-,84-,85+,86-/m0/s1. The first-order valence-electron chi connectivity index (χ1n) is 38.1. The van der Waals surface area contributed by atoms with Gasteiger partial charge < -0.3 is 48.1 Å². The number of benzene rings is 6. The molecule has 1 heterocycles. The fraction of sp³-hybridized carbons (Fsp3) is 0.558. The molecule has 12 nitrogen and oxygen atoms in total. The Hall–Kier alpha value is -6.06. The third-order valence-electron chi connectivity index (χ3n) is 18.9. The number of nitrogens with zero attached hydrogens (tertiary/aromatic N) is 1. The van der Waals surface area contributed by atoms with E-state index in [9.17, 15) is 9.59 Å². The molecule has 6 aromatic rings. The summed E-state index contributed by atoms with van der Waals surface area (Å²) in [6.07, 6.45) is 25.8. The van der Waals surface area contributed by atoms with Crippen molar-refractivity contribution in [3.8, 4) is 0 Å². The van der Waals surface area contributed by atoms with Gasteiger partial charge in [0.05, 0.1) is 65.0 Å². The van der Waals surface area contributed by atoms with E-state index in [1.807, 2.05) is 109 Å². The molecule has 98 heavy (non-hydrogen) atoms. The Morgan fingerprint density at radius 1 is 0.408 bits per heavy atom. The molecule has 0 aliphatic carbocycles. The highest BCUT2D eigenvalue weighted by Gasteiger charge is 2.50. The van der Waals surface area contributed by atoms with Gasteiger partial charge in [-0.05, 0) is 59.1 Å². The highest BCUT2D eigenvalue weighted by Crippen LogP contribution is 2.33. The Morgan fingerprint density at radius 3 is 1.27 bits per heavy atom. The van der Waals surface area contributed by atoms with E-state index in [1.54, 1.807) is 0 Å². The molecular weight excluding hydrogens is 1220 g/mol. The summed E-state index contributed by atoms with van der Waals surface area (Å²) < 4.78 is 57.0. The second-order valence-corrected chi connectivity index (χ2v) is 27.2. The molecule has 0 aromatic heterocycles. The van der Waals surface area contributed by atoms with Crippen LogP contribution in [0.3, 0.4) is 0 Å². The predicted octanol–water partition coefficient (Wildman–Crippen LogP) is 19.8. The Morgan fingerprint density at radius 2 is 0.786 bits per heavy atom. The zero-order chi connectivity index (χ0) is 68.6. The monoisotopic (exact) mass is 1340 g/mol. The van der Waals surface area contributed by atoms with Crippen LogP contribution < -0.4 is 5.32 Å². The number of unbranched alkanes of at least 4 members (excludes halogenated alkanes) is 22. The summed E-state index contributed by atoms with van der Waals surface area (Å²) in [5, 5.41) is 3.55. The van der Waals surface area contributed by atoms with Crippen LogP contribution in [-0.2, 0) is 87.1 Å². The van der Waals surface area contributed by atoms with Crippen molar-refractivity contribution < 1.29 is 47.5 Å². The van der Waals surface area contributed by atoms with Crippen molar-refractivity contribution in [1.29, 1.82) is 0 Å². The molecular formula is C86H122N2O10. The van der Waals surface area contributed by atoms with Crippen molar-refractivity contribution in [2.24, 2.45) is 0 Å². The van der Waals surface area contributed by atoms with Gasteiger partial charge in [0.1, 0.15) is 30.5 Å². The van der Waals surface area contributed by atoms with E-state index in [2.05, 4.69) is 104 Å². The van der Waals surface area contributed by atoms with Gasteiger partial charge in [0.25, 0.3) is 0 Å². The lowest BCUT2D eigenvalue weighted by Crippen LogP contribution is -2.62. The van der Waals surface area contributed by atoms with Gasteiger partial charge in [-0.1, -0.05) is 337 Å². The molecule has 6 aromatic carbocycles. The van der Waals surface area contributed by atoms with Crippen molar-refractivity contribution in [3.63, 3.8) is 0 Å². The molecule has 7 rings (SSSR count). The normalized spacial score (nSPS) is 17.1. The minimum absolute atomic E-state index is 0.00881. The third-order valence-corrected chi connectivity index (χ3v) is 18.9. The second kappa shape index (κ2) is 50.3. The summed E-state index contributed by atoms with van der Waals surface area (Å²) in [5.41, 5.74) is 6.12. The SMILES string of the molecule is CCCCCCCCCCCCCC[C@@H](OCc1ccccc1)[C@@H](OCc1ccccc1)[C@H](CO[C@H]1O[C@H](COCc2ccccc2)[C@H](OCc2ccccc2)[C@H](OCc2ccccc2)[C@H]1OCc1ccccc1)NC(=O)CCCCCCCCCCCN(C)C(=O)CCCCCC. The number of amides is 2. The lowest BCUT2D eigenvalue weighted by atomic mass is 9.97. The molecule has 1 fully saturated rings. The number of hydrogen-bond donors (Lipinski definition) is 1. The first-order valence-corrected chi connectivity index (χ1v) is 38.1. The molecule has 1 aliphatic rings. The van der Waals surface area contributed by atoms with Crippen LogP contribution in [0.5, 0.6) is 0 Å². The highest BCUT2D eigenvalue weighted by molar-refractivity contribution is 5.76. The van der Waals surface area contributed by atoms with Crippen molar-refractivity contribution in [2.45, 2.75) is 282 Å². The summed E-state index contributed by atoms with van der Waals surface area (Å²) in [6.45, 7) is 7.37. The highest BCUT2D eigenvalue weighted by atomic mass is 16.7. The minimum atomic E-state index is -1.02. The van der Waals surface area contributed by atoms with E-state index in [0.717, 1.165) is 117 Å². The van der Waals surface area contributed by atoms with E-state index >= 15 is 0 Å². The molecule has 12 heteroatoms. The number of carbonyl (C=O) groups is 2. The van der Waals surface area contributed by atoms with Crippen molar-refractivity contribution >= 4 is 11.8 Å². The number of hydrogen-bond acceptors (Lipinski definition) is 10. The lowest BCUT2D eigenvalue weighted by molar-refractivity contribution is -0.330. The Balaban J connectivity index is 1.14. The molecule has 0 spiro atoms. The summed E-state index contributed by atoms with van der Waals surface area (Å²) in [5.74, 6) is 0.216. The van der Waals surface area contributed by atoms with Crippen molar-refractivity contribution in [2.75, 3.05) is 26.8 Å². The smallest absolute Gasteiger partial charge is 0.222 e. The Labute approximate surface area is 590 Å². The number of rotatable bonds is 55. The number of carbonyl (C=O) groups excluding carboxylic acids is 2. The van der Waals surface area contributed by atoms with Crippen LogP contribution in [-0.4, -0.2) is 92.5 Å². The molecule has 1 N–H and O–H groups in total. The van der Waals surface area contributed by atoms with Crippen LogP contribution >= 0.6 is 0 Å². The molecule has 8 atom stereocenters. The van der Waals surface area contributed by atoms with Gasteiger partial charge >= 0.3 is 0 Å². The Kier molecular flexibility index (Phi) is 40.7. The molecule has 0 radical (unpaired) electrons. The largest absolute Gasteiger partial charge is 0.374 e. The first kappa shape index (κ1) is 79.3. The molecule has 1 aliphatic heterocycles. The zero-order valence-corrected chi connectivity index (χ0v) is 60.1. The second-order valence-electron chi connectivity index (χ2n) is 27.2. The molecule has 2 amide bonds. The lowest BCUT2D eigenvalue weighted by Gasteiger charge is -2.46. The Bertz CT molecular complexity index is 2890. The van der Waals surface area contributed by atoms with E-state index in [4.69, 9.17) is 37.9 Å². The van der Waals surface area contributed by atoms with E-state index in [-0.39, 0.29) is 38.2 Å². The van der Waals surface area contributed by atoms with Crippen molar-refractivity contribution in [1.82, 2.24) is 10.2 Å². The average molecular weight is 1340 g/mol. The number of ether oxygens (including phenoxy) is 8. The van der Waals surface area contributed by atoms with Crippen LogP contribution in [0.4, 0.5) is 0 Å². The first-order chi connectivity index (χ1) is 48.4.